The van der Waals surface area contributed by atoms with E-state index in [4.69, 9.17) is 0 Å². The second-order valence-electron chi connectivity index (χ2n) is 5.13. The fourth-order valence-corrected chi connectivity index (χ4v) is 1.83. The highest BCUT2D eigenvalue weighted by Crippen LogP contribution is 2.06. The Kier molecular flexibility index (Phi) is 5.23. The fraction of sp³-hybridized carbons (Fsp3) is 0.615. The average Bonchev–Trinajstić information content (AvgIpc) is 2.31. The van der Waals surface area contributed by atoms with E-state index in [2.05, 4.69) is 15.5 Å². The van der Waals surface area contributed by atoms with Crippen molar-refractivity contribution in [2.75, 3.05) is 6.54 Å². The molecule has 1 aromatic rings. The molecule has 0 radical (unpaired) electrons. The number of amides is 1. The lowest BCUT2D eigenvalue weighted by molar-refractivity contribution is 0.0897. The Morgan fingerprint density at radius 2 is 2.05 bits per heavy atom. The first-order valence-corrected chi connectivity index (χ1v) is 6.35. The van der Waals surface area contributed by atoms with Crippen LogP contribution in [0.1, 0.15) is 41.9 Å². The molecule has 0 aliphatic carbocycles. The predicted molar refractivity (Wildman–Crippen MR) is 72.1 cm³/mol. The summed E-state index contributed by atoms with van der Waals surface area (Å²) in [6.45, 7) is 7.52. The smallest absolute Gasteiger partial charge is 0.277 e. The molecule has 1 rings (SSSR count). The molecule has 0 bridgehead atoms. The van der Waals surface area contributed by atoms with Crippen molar-refractivity contribution in [3.8, 4) is 0 Å². The summed E-state index contributed by atoms with van der Waals surface area (Å²) in [6, 6.07) is 0. The molecular formula is C13H21N3O3. The van der Waals surface area contributed by atoms with Crippen LogP contribution in [0.4, 0.5) is 0 Å². The number of carbonyl (C=O) groups excluding carboxylic acids is 1. The highest BCUT2D eigenvalue weighted by molar-refractivity contribution is 5.95. The van der Waals surface area contributed by atoms with Gasteiger partial charge < -0.3 is 10.4 Å². The molecule has 0 saturated heterocycles. The van der Waals surface area contributed by atoms with Crippen LogP contribution < -0.4 is 10.9 Å². The summed E-state index contributed by atoms with van der Waals surface area (Å²) in [7, 11) is 0. The summed E-state index contributed by atoms with van der Waals surface area (Å²) in [5.41, 5.74) is 0.704. The Labute approximate surface area is 112 Å². The number of aryl methyl sites for hydroxylation is 1. The minimum atomic E-state index is -0.605. The highest BCUT2D eigenvalue weighted by atomic mass is 16.3. The van der Waals surface area contributed by atoms with Gasteiger partial charge in [-0.2, -0.15) is 5.10 Å². The molecule has 0 fully saturated rings. The SMILES string of the molecule is Cc1n[nH]c(=O)c(C(=O)NCC(O)CC(C)C)c1C. The zero-order valence-electron chi connectivity index (χ0n) is 11.8. The maximum atomic E-state index is 12.0. The highest BCUT2D eigenvalue weighted by Gasteiger charge is 2.17. The van der Waals surface area contributed by atoms with Crippen molar-refractivity contribution in [2.24, 2.45) is 5.92 Å². The maximum absolute atomic E-state index is 12.0. The lowest BCUT2D eigenvalue weighted by Crippen LogP contribution is -2.36. The quantitative estimate of drug-likeness (QED) is 0.725. The zero-order chi connectivity index (χ0) is 14.6. The Hall–Kier alpha value is -1.69. The van der Waals surface area contributed by atoms with Crippen LogP contribution in [0.5, 0.6) is 0 Å². The molecule has 1 unspecified atom stereocenters. The van der Waals surface area contributed by atoms with Gasteiger partial charge in [0.05, 0.1) is 11.8 Å². The first kappa shape index (κ1) is 15.4. The van der Waals surface area contributed by atoms with E-state index in [0.717, 1.165) is 0 Å². The third kappa shape index (κ3) is 4.17. The maximum Gasteiger partial charge on any atom is 0.277 e. The van der Waals surface area contributed by atoms with Gasteiger partial charge in [0.15, 0.2) is 0 Å². The average molecular weight is 267 g/mol. The van der Waals surface area contributed by atoms with E-state index >= 15 is 0 Å². The van der Waals surface area contributed by atoms with Crippen LogP contribution in [0, 0.1) is 19.8 Å². The molecule has 1 amide bonds. The van der Waals surface area contributed by atoms with Gasteiger partial charge in [0, 0.05) is 6.54 Å². The van der Waals surface area contributed by atoms with Crippen LogP contribution in [0.3, 0.4) is 0 Å². The number of nitrogens with one attached hydrogen (secondary N) is 2. The number of aliphatic hydroxyl groups excluding tert-OH is 1. The van der Waals surface area contributed by atoms with Gasteiger partial charge in [-0.15, -0.1) is 0 Å². The summed E-state index contributed by atoms with van der Waals surface area (Å²) in [5.74, 6) is -0.132. The van der Waals surface area contributed by atoms with Gasteiger partial charge in [0.1, 0.15) is 5.56 Å². The molecule has 0 aromatic carbocycles. The van der Waals surface area contributed by atoms with Crippen molar-refractivity contribution in [2.45, 2.75) is 40.2 Å². The molecule has 0 spiro atoms. The summed E-state index contributed by atoms with van der Waals surface area (Å²) in [6.07, 6.45) is -0.00313. The molecule has 19 heavy (non-hydrogen) atoms. The van der Waals surface area contributed by atoms with E-state index in [0.29, 0.717) is 23.6 Å². The molecule has 0 saturated carbocycles. The third-order valence-electron chi connectivity index (χ3n) is 2.94. The number of hydrogen-bond donors (Lipinski definition) is 3. The molecule has 6 heteroatoms. The number of rotatable bonds is 5. The summed E-state index contributed by atoms with van der Waals surface area (Å²) in [5, 5.41) is 18.3. The number of aromatic nitrogens is 2. The number of nitrogens with zero attached hydrogens (tertiary/aromatic N) is 1. The number of H-pyrrole nitrogens is 1. The molecule has 3 N–H and O–H groups in total. The van der Waals surface area contributed by atoms with Gasteiger partial charge in [0.25, 0.3) is 11.5 Å². The summed E-state index contributed by atoms with van der Waals surface area (Å²) < 4.78 is 0. The van der Waals surface area contributed by atoms with E-state index in [9.17, 15) is 14.7 Å². The second-order valence-corrected chi connectivity index (χ2v) is 5.13. The van der Waals surface area contributed by atoms with Crippen LogP contribution in [0.2, 0.25) is 0 Å². The molecule has 1 atom stereocenters. The third-order valence-corrected chi connectivity index (χ3v) is 2.94. The van der Waals surface area contributed by atoms with Crippen LogP contribution in [-0.2, 0) is 0 Å². The van der Waals surface area contributed by atoms with Gasteiger partial charge in [0.2, 0.25) is 0 Å². The van der Waals surface area contributed by atoms with Crippen molar-refractivity contribution in [3.63, 3.8) is 0 Å². The second kappa shape index (κ2) is 6.47. The predicted octanol–water partition coefficient (Wildman–Crippen LogP) is 0.524. The Morgan fingerprint density at radius 3 is 2.63 bits per heavy atom. The van der Waals surface area contributed by atoms with Gasteiger partial charge in [-0.05, 0) is 31.7 Å². The Balaban J connectivity index is 2.75. The summed E-state index contributed by atoms with van der Waals surface area (Å²) in [4.78, 5) is 23.6. The van der Waals surface area contributed by atoms with E-state index in [1.165, 1.54) is 0 Å². The monoisotopic (exact) mass is 267 g/mol. The van der Waals surface area contributed by atoms with Gasteiger partial charge >= 0.3 is 0 Å². The number of carbonyl (C=O) groups is 1. The van der Waals surface area contributed by atoms with Gasteiger partial charge in [-0.1, -0.05) is 13.8 Å². The number of aliphatic hydroxyl groups is 1. The molecule has 6 nitrogen and oxygen atoms in total. The Bertz CT molecular complexity index is 508. The molecular weight excluding hydrogens is 246 g/mol. The lowest BCUT2D eigenvalue weighted by atomic mass is 10.1. The molecule has 106 valence electrons. The topological polar surface area (TPSA) is 95.1 Å². The molecule has 0 aliphatic heterocycles. The van der Waals surface area contributed by atoms with Crippen LogP contribution >= 0.6 is 0 Å². The van der Waals surface area contributed by atoms with Crippen molar-refractivity contribution in [3.05, 3.63) is 27.2 Å². The molecule has 1 heterocycles. The minimum absolute atomic E-state index is 0.0595. The van der Waals surface area contributed by atoms with Crippen molar-refractivity contribution >= 4 is 5.91 Å². The van der Waals surface area contributed by atoms with Crippen molar-refractivity contribution < 1.29 is 9.90 Å². The molecule has 0 aliphatic rings. The first-order chi connectivity index (χ1) is 8.82. The van der Waals surface area contributed by atoms with E-state index < -0.39 is 17.6 Å². The zero-order valence-corrected chi connectivity index (χ0v) is 11.8. The van der Waals surface area contributed by atoms with Gasteiger partial charge in [-0.25, -0.2) is 5.10 Å². The lowest BCUT2D eigenvalue weighted by Gasteiger charge is -2.14. The normalized spacial score (nSPS) is 12.5. The van der Waals surface area contributed by atoms with Crippen LogP contribution in [0.25, 0.3) is 0 Å². The summed E-state index contributed by atoms with van der Waals surface area (Å²) >= 11 is 0. The van der Waals surface area contributed by atoms with Gasteiger partial charge in [-0.3, -0.25) is 9.59 Å². The minimum Gasteiger partial charge on any atom is -0.391 e. The number of aromatic amines is 1. The van der Waals surface area contributed by atoms with E-state index in [1.54, 1.807) is 13.8 Å². The van der Waals surface area contributed by atoms with Crippen LogP contribution in [-0.4, -0.2) is 33.9 Å². The van der Waals surface area contributed by atoms with Crippen molar-refractivity contribution in [1.82, 2.24) is 15.5 Å². The molecule has 1 aromatic heterocycles. The van der Waals surface area contributed by atoms with Crippen molar-refractivity contribution in [1.29, 1.82) is 0 Å². The van der Waals surface area contributed by atoms with E-state index in [1.807, 2.05) is 13.8 Å². The van der Waals surface area contributed by atoms with E-state index in [-0.39, 0.29) is 12.1 Å². The Morgan fingerprint density at radius 1 is 1.42 bits per heavy atom. The standard InChI is InChI=1S/C13H21N3O3/c1-7(2)5-10(17)6-14-12(18)11-8(3)9(4)15-16-13(11)19/h7,10,17H,5-6H2,1-4H3,(H,14,18)(H,16,19). The number of hydrogen-bond acceptors (Lipinski definition) is 4. The fourth-order valence-electron chi connectivity index (χ4n) is 1.83. The van der Waals surface area contributed by atoms with Crippen LogP contribution in [0.15, 0.2) is 4.79 Å². The first-order valence-electron chi connectivity index (χ1n) is 6.35. The largest absolute Gasteiger partial charge is 0.391 e.